The van der Waals surface area contributed by atoms with Crippen LogP contribution in [0.25, 0.3) is 83.1 Å². The molecule has 0 atom stereocenters. The molecular formula is C44H30N2O. The largest absolute Gasteiger partial charge is 0.455 e. The van der Waals surface area contributed by atoms with Crippen LogP contribution in [0.4, 0.5) is 0 Å². The van der Waals surface area contributed by atoms with E-state index in [1.54, 1.807) is 0 Å². The van der Waals surface area contributed by atoms with Gasteiger partial charge in [-0.3, -0.25) is 0 Å². The van der Waals surface area contributed by atoms with Crippen molar-refractivity contribution in [3.8, 4) is 39.3 Å². The van der Waals surface area contributed by atoms with Crippen molar-refractivity contribution in [1.29, 1.82) is 0 Å². The maximum Gasteiger partial charge on any atom is 0.144 e. The zero-order valence-corrected chi connectivity index (χ0v) is 26.2. The fourth-order valence-electron chi connectivity index (χ4n) is 7.93. The van der Waals surface area contributed by atoms with E-state index in [9.17, 15) is 0 Å². The van der Waals surface area contributed by atoms with Crippen molar-refractivity contribution in [1.82, 2.24) is 9.55 Å². The summed E-state index contributed by atoms with van der Waals surface area (Å²) < 4.78 is 8.94. The highest BCUT2D eigenvalue weighted by Gasteiger charge is 2.36. The summed E-state index contributed by atoms with van der Waals surface area (Å²) in [6, 6.07) is 52.1. The van der Waals surface area contributed by atoms with Gasteiger partial charge in [-0.2, -0.15) is 0 Å². The van der Waals surface area contributed by atoms with Crippen LogP contribution < -0.4 is 0 Å². The molecular weight excluding hydrogens is 572 g/mol. The van der Waals surface area contributed by atoms with Crippen LogP contribution in [0.2, 0.25) is 0 Å². The molecule has 1 aliphatic carbocycles. The van der Waals surface area contributed by atoms with Crippen LogP contribution in [0, 0.1) is 0 Å². The molecule has 0 amide bonds. The molecule has 47 heavy (non-hydrogen) atoms. The van der Waals surface area contributed by atoms with E-state index in [-0.39, 0.29) is 5.41 Å². The number of aromatic nitrogens is 2. The van der Waals surface area contributed by atoms with Crippen LogP contribution in [0.1, 0.15) is 25.0 Å². The third-order valence-electron chi connectivity index (χ3n) is 10.2. The first-order chi connectivity index (χ1) is 23.1. The maximum absolute atomic E-state index is 6.51. The van der Waals surface area contributed by atoms with E-state index in [0.717, 1.165) is 50.1 Å². The summed E-state index contributed by atoms with van der Waals surface area (Å²) in [5.41, 5.74) is 14.4. The summed E-state index contributed by atoms with van der Waals surface area (Å²) in [6.45, 7) is 4.70. The van der Waals surface area contributed by atoms with Gasteiger partial charge in [0.2, 0.25) is 0 Å². The van der Waals surface area contributed by atoms with Crippen molar-refractivity contribution >= 4 is 43.7 Å². The third-order valence-corrected chi connectivity index (χ3v) is 10.2. The van der Waals surface area contributed by atoms with Gasteiger partial charge in [-0.25, -0.2) is 4.98 Å². The lowest BCUT2D eigenvalue weighted by atomic mass is 9.82. The number of rotatable bonds is 3. The molecule has 9 aromatic rings. The van der Waals surface area contributed by atoms with Crippen molar-refractivity contribution in [2.45, 2.75) is 19.3 Å². The Morgan fingerprint density at radius 3 is 2.11 bits per heavy atom. The van der Waals surface area contributed by atoms with Gasteiger partial charge in [0.05, 0.1) is 28.1 Å². The first kappa shape index (κ1) is 26.3. The van der Waals surface area contributed by atoms with Gasteiger partial charge < -0.3 is 8.98 Å². The van der Waals surface area contributed by atoms with Crippen LogP contribution in [-0.4, -0.2) is 9.55 Å². The van der Waals surface area contributed by atoms with E-state index in [0.29, 0.717) is 0 Å². The zero-order valence-electron chi connectivity index (χ0n) is 26.2. The first-order valence-corrected chi connectivity index (χ1v) is 16.2. The van der Waals surface area contributed by atoms with Crippen LogP contribution in [0.15, 0.2) is 150 Å². The molecule has 6 aromatic carbocycles. The molecule has 1 aliphatic rings. The van der Waals surface area contributed by atoms with Crippen molar-refractivity contribution in [3.63, 3.8) is 0 Å². The molecule has 0 unspecified atom stereocenters. The fraction of sp³-hybridized carbons (Fsp3) is 0.0682. The van der Waals surface area contributed by atoms with Crippen molar-refractivity contribution in [2.24, 2.45) is 0 Å². The number of fused-ring (bicyclic) bond motifs is 9. The highest BCUT2D eigenvalue weighted by molar-refractivity contribution is 6.12. The van der Waals surface area contributed by atoms with E-state index in [1.165, 1.54) is 44.1 Å². The van der Waals surface area contributed by atoms with Gasteiger partial charge in [0.15, 0.2) is 0 Å². The fourth-order valence-corrected chi connectivity index (χ4v) is 7.93. The highest BCUT2D eigenvalue weighted by atomic mass is 16.3. The smallest absolute Gasteiger partial charge is 0.144 e. The van der Waals surface area contributed by atoms with E-state index < -0.39 is 0 Å². The second-order valence-corrected chi connectivity index (χ2v) is 13.2. The number of para-hydroxylation sites is 3. The topological polar surface area (TPSA) is 31.0 Å². The Hall–Kier alpha value is -5.93. The molecule has 0 N–H and O–H groups in total. The molecule has 3 aromatic heterocycles. The van der Waals surface area contributed by atoms with Crippen molar-refractivity contribution in [3.05, 3.63) is 157 Å². The molecule has 3 nitrogen and oxygen atoms in total. The number of furan rings is 1. The second-order valence-electron chi connectivity index (χ2n) is 13.2. The Morgan fingerprint density at radius 2 is 1.21 bits per heavy atom. The van der Waals surface area contributed by atoms with E-state index >= 15 is 0 Å². The van der Waals surface area contributed by atoms with Gasteiger partial charge in [0.25, 0.3) is 0 Å². The summed E-state index contributed by atoms with van der Waals surface area (Å²) in [6.07, 6.45) is 0. The molecule has 0 saturated carbocycles. The quantitative estimate of drug-likeness (QED) is 0.201. The molecule has 0 spiro atoms. The molecule has 222 valence electrons. The minimum atomic E-state index is -0.0705. The predicted octanol–water partition coefficient (Wildman–Crippen LogP) is 11.7. The van der Waals surface area contributed by atoms with Crippen LogP contribution in [0.5, 0.6) is 0 Å². The van der Waals surface area contributed by atoms with E-state index in [1.807, 2.05) is 12.1 Å². The normalized spacial score (nSPS) is 13.5. The number of nitrogens with zero attached hydrogens (tertiary/aromatic N) is 2. The molecule has 0 fully saturated rings. The van der Waals surface area contributed by atoms with Gasteiger partial charge in [-0.15, -0.1) is 0 Å². The summed E-state index contributed by atoms with van der Waals surface area (Å²) >= 11 is 0. The molecule has 0 radical (unpaired) electrons. The summed E-state index contributed by atoms with van der Waals surface area (Å²) in [7, 11) is 0. The van der Waals surface area contributed by atoms with Gasteiger partial charge in [0, 0.05) is 38.1 Å². The molecule has 0 saturated heterocycles. The Balaban J connectivity index is 1.30. The third kappa shape index (κ3) is 3.71. The molecule has 0 bridgehead atoms. The minimum absolute atomic E-state index is 0.0705. The Bertz CT molecular complexity index is 2710. The average molecular weight is 603 g/mol. The molecule has 3 heterocycles. The monoisotopic (exact) mass is 602 g/mol. The molecule has 0 aliphatic heterocycles. The average Bonchev–Trinajstić information content (AvgIpc) is 3.73. The second kappa shape index (κ2) is 9.54. The maximum atomic E-state index is 6.51. The molecule has 3 heteroatoms. The minimum Gasteiger partial charge on any atom is -0.455 e. The van der Waals surface area contributed by atoms with Gasteiger partial charge in [0.1, 0.15) is 11.2 Å². The summed E-state index contributed by atoms with van der Waals surface area (Å²) in [4.78, 5) is 5.30. The van der Waals surface area contributed by atoms with Crippen molar-refractivity contribution < 1.29 is 4.42 Å². The Morgan fingerprint density at radius 1 is 0.511 bits per heavy atom. The van der Waals surface area contributed by atoms with Gasteiger partial charge in [-0.1, -0.05) is 117 Å². The van der Waals surface area contributed by atoms with E-state index in [2.05, 4.69) is 152 Å². The predicted molar refractivity (Wildman–Crippen MR) is 194 cm³/mol. The number of hydrogen-bond donors (Lipinski definition) is 0. The number of pyridine rings is 1. The van der Waals surface area contributed by atoms with Crippen LogP contribution in [0.3, 0.4) is 0 Å². The van der Waals surface area contributed by atoms with Crippen molar-refractivity contribution in [2.75, 3.05) is 0 Å². The van der Waals surface area contributed by atoms with Gasteiger partial charge in [-0.05, 0) is 64.7 Å². The summed E-state index contributed by atoms with van der Waals surface area (Å²) in [5.74, 6) is 0. The highest BCUT2D eigenvalue weighted by Crippen LogP contribution is 2.51. The zero-order chi connectivity index (χ0) is 31.3. The SMILES string of the molecule is CC1(C)c2ccccc2-c2cc3c(cc21)c1ccccc1n3-c1cc(-c2ccccc2)nc(-c2cccc3c2oc2ccccc23)c1. The van der Waals surface area contributed by atoms with E-state index in [4.69, 9.17) is 9.40 Å². The van der Waals surface area contributed by atoms with Crippen LogP contribution in [-0.2, 0) is 5.41 Å². The van der Waals surface area contributed by atoms with Gasteiger partial charge >= 0.3 is 0 Å². The summed E-state index contributed by atoms with van der Waals surface area (Å²) in [5, 5.41) is 4.72. The van der Waals surface area contributed by atoms with Crippen LogP contribution >= 0.6 is 0 Å². The first-order valence-electron chi connectivity index (χ1n) is 16.2. The standard InChI is InChI=1S/C44H30N2O/c1-44(2)36-20-9-6-15-29(36)34-26-41-35(25-37(34)44)30-16-7-10-21-40(30)46(41)28-23-38(27-13-4-3-5-14-27)45-39(24-28)33-19-12-18-32-31-17-8-11-22-42(31)47-43(32)33/h3-26H,1-2H3. The lowest BCUT2D eigenvalue weighted by Gasteiger charge is -2.21. The Kier molecular flexibility index (Phi) is 5.34. The lowest BCUT2D eigenvalue weighted by Crippen LogP contribution is -2.14. The number of benzene rings is 6. The molecule has 10 rings (SSSR count). The Labute approximate surface area is 272 Å². The number of hydrogen-bond acceptors (Lipinski definition) is 2. The lowest BCUT2D eigenvalue weighted by molar-refractivity contribution is 0.661.